The number of carbonyl (C=O) groups excluding carboxylic acids is 3. The lowest BCUT2D eigenvalue weighted by atomic mass is 10.1. The SMILES string of the molecule is COC(=O)[C@H](CCCCNC(=O)c1cccnc1)NC(=O)c1ccc(N/N=C/c2ccccc2S(=O)(=O)O)nc1. The molecule has 40 heavy (non-hydrogen) atoms. The summed E-state index contributed by atoms with van der Waals surface area (Å²) < 4.78 is 37.0. The summed E-state index contributed by atoms with van der Waals surface area (Å²) in [5.41, 5.74) is 3.41. The number of aromatic nitrogens is 2. The van der Waals surface area contributed by atoms with Gasteiger partial charge in [0.1, 0.15) is 16.8 Å². The topological polar surface area (TPSA) is 189 Å². The lowest BCUT2D eigenvalue weighted by Gasteiger charge is -2.16. The number of nitrogens with zero attached hydrogens (tertiary/aromatic N) is 3. The van der Waals surface area contributed by atoms with E-state index in [2.05, 4.69) is 31.1 Å². The minimum absolute atomic E-state index is 0.165. The lowest BCUT2D eigenvalue weighted by molar-refractivity contribution is -0.143. The molecular formula is C26H28N6O7S. The van der Waals surface area contributed by atoms with Crippen LogP contribution < -0.4 is 16.1 Å². The lowest BCUT2D eigenvalue weighted by Crippen LogP contribution is -2.41. The molecule has 14 heteroatoms. The minimum Gasteiger partial charge on any atom is -0.467 e. The van der Waals surface area contributed by atoms with Gasteiger partial charge in [-0.2, -0.15) is 13.5 Å². The summed E-state index contributed by atoms with van der Waals surface area (Å²) >= 11 is 0. The Kier molecular flexibility index (Phi) is 10.8. The number of methoxy groups -OCH3 is 1. The third-order valence-electron chi connectivity index (χ3n) is 5.53. The molecule has 3 aromatic rings. The van der Waals surface area contributed by atoms with Crippen molar-refractivity contribution in [1.82, 2.24) is 20.6 Å². The fourth-order valence-corrected chi connectivity index (χ4v) is 4.16. The average Bonchev–Trinajstić information content (AvgIpc) is 2.96. The van der Waals surface area contributed by atoms with Gasteiger partial charge in [0.15, 0.2) is 0 Å². The van der Waals surface area contributed by atoms with Gasteiger partial charge < -0.3 is 15.4 Å². The van der Waals surface area contributed by atoms with E-state index in [-0.39, 0.29) is 27.7 Å². The van der Waals surface area contributed by atoms with E-state index in [1.807, 2.05) is 0 Å². The van der Waals surface area contributed by atoms with Gasteiger partial charge in [-0.25, -0.2) is 9.78 Å². The molecular weight excluding hydrogens is 540 g/mol. The van der Waals surface area contributed by atoms with E-state index in [1.54, 1.807) is 24.4 Å². The quantitative estimate of drug-likeness (QED) is 0.0780. The number of carbonyl (C=O) groups is 3. The highest BCUT2D eigenvalue weighted by molar-refractivity contribution is 7.86. The molecule has 210 valence electrons. The second kappa shape index (κ2) is 14.5. The summed E-state index contributed by atoms with van der Waals surface area (Å²) in [6.45, 7) is 0.387. The molecule has 0 saturated carbocycles. The van der Waals surface area contributed by atoms with Crippen molar-refractivity contribution >= 4 is 39.9 Å². The van der Waals surface area contributed by atoms with E-state index in [4.69, 9.17) is 4.74 Å². The number of rotatable bonds is 13. The Balaban J connectivity index is 1.50. The monoisotopic (exact) mass is 568 g/mol. The normalized spacial score (nSPS) is 11.9. The molecule has 0 aliphatic carbocycles. The summed E-state index contributed by atoms with van der Waals surface area (Å²) in [5.74, 6) is -1.12. The van der Waals surface area contributed by atoms with Crippen molar-refractivity contribution in [3.63, 3.8) is 0 Å². The van der Waals surface area contributed by atoms with Crippen LogP contribution in [0.25, 0.3) is 0 Å². The predicted octanol–water partition coefficient (Wildman–Crippen LogP) is 2.04. The summed E-state index contributed by atoms with van der Waals surface area (Å²) in [6, 6.07) is 11.1. The van der Waals surface area contributed by atoms with Crippen LogP contribution in [0, 0.1) is 0 Å². The van der Waals surface area contributed by atoms with Crippen LogP contribution in [0.15, 0.2) is 77.1 Å². The number of amides is 2. The first-order valence-corrected chi connectivity index (χ1v) is 13.5. The van der Waals surface area contributed by atoms with Crippen molar-refractivity contribution in [2.75, 3.05) is 19.1 Å². The summed E-state index contributed by atoms with van der Waals surface area (Å²) in [4.78, 5) is 44.7. The average molecular weight is 569 g/mol. The number of esters is 1. The van der Waals surface area contributed by atoms with Crippen LogP contribution in [0.3, 0.4) is 0 Å². The molecule has 1 aromatic carbocycles. The van der Waals surface area contributed by atoms with Crippen molar-refractivity contribution < 1.29 is 32.1 Å². The molecule has 0 spiro atoms. The van der Waals surface area contributed by atoms with Gasteiger partial charge in [0, 0.05) is 30.7 Å². The molecule has 0 unspecified atom stereocenters. The first-order chi connectivity index (χ1) is 19.2. The van der Waals surface area contributed by atoms with Crippen LogP contribution in [-0.2, 0) is 19.6 Å². The Bertz CT molecular complexity index is 1450. The van der Waals surface area contributed by atoms with Gasteiger partial charge >= 0.3 is 5.97 Å². The number of hydrazone groups is 1. The van der Waals surface area contributed by atoms with Crippen molar-refractivity contribution in [2.45, 2.75) is 30.2 Å². The third-order valence-corrected chi connectivity index (χ3v) is 6.45. The zero-order valence-corrected chi connectivity index (χ0v) is 22.3. The number of unbranched alkanes of at least 4 members (excludes halogenated alkanes) is 1. The number of pyridine rings is 2. The van der Waals surface area contributed by atoms with Gasteiger partial charge in [-0.3, -0.25) is 24.6 Å². The fourth-order valence-electron chi connectivity index (χ4n) is 3.49. The van der Waals surface area contributed by atoms with E-state index in [1.165, 1.54) is 56.0 Å². The van der Waals surface area contributed by atoms with Crippen LogP contribution in [0.5, 0.6) is 0 Å². The highest BCUT2D eigenvalue weighted by atomic mass is 32.2. The highest BCUT2D eigenvalue weighted by Gasteiger charge is 2.22. The van der Waals surface area contributed by atoms with E-state index in [9.17, 15) is 27.4 Å². The van der Waals surface area contributed by atoms with Gasteiger partial charge in [-0.15, -0.1) is 0 Å². The molecule has 0 fully saturated rings. The largest absolute Gasteiger partial charge is 0.467 e. The van der Waals surface area contributed by atoms with E-state index in [0.29, 0.717) is 31.4 Å². The number of anilines is 1. The van der Waals surface area contributed by atoms with Crippen LogP contribution in [0.2, 0.25) is 0 Å². The van der Waals surface area contributed by atoms with Gasteiger partial charge in [0.2, 0.25) is 0 Å². The minimum atomic E-state index is -4.42. The van der Waals surface area contributed by atoms with Gasteiger partial charge in [-0.05, 0) is 49.6 Å². The zero-order chi connectivity index (χ0) is 29.0. The fraction of sp³-hybridized carbons (Fsp3) is 0.231. The first-order valence-electron chi connectivity index (χ1n) is 12.1. The van der Waals surface area contributed by atoms with Crippen molar-refractivity contribution in [3.05, 3.63) is 83.8 Å². The molecule has 0 radical (unpaired) electrons. The van der Waals surface area contributed by atoms with Crippen molar-refractivity contribution in [2.24, 2.45) is 5.10 Å². The van der Waals surface area contributed by atoms with Gasteiger partial charge in [-0.1, -0.05) is 18.2 Å². The number of hydrogen-bond acceptors (Lipinski definition) is 10. The molecule has 1 atom stereocenters. The smallest absolute Gasteiger partial charge is 0.328 e. The second-order valence-electron chi connectivity index (χ2n) is 8.36. The number of hydrogen-bond donors (Lipinski definition) is 4. The summed E-state index contributed by atoms with van der Waals surface area (Å²) in [6.07, 6.45) is 6.94. The molecule has 0 saturated heterocycles. The maximum atomic E-state index is 12.7. The van der Waals surface area contributed by atoms with Crippen LogP contribution in [0.1, 0.15) is 45.5 Å². The molecule has 4 N–H and O–H groups in total. The maximum absolute atomic E-state index is 12.7. The third kappa shape index (κ3) is 8.96. The molecule has 0 aliphatic heterocycles. The van der Waals surface area contributed by atoms with Crippen molar-refractivity contribution in [1.29, 1.82) is 0 Å². The maximum Gasteiger partial charge on any atom is 0.328 e. The second-order valence-corrected chi connectivity index (χ2v) is 9.75. The Morgan fingerprint density at radius 3 is 2.48 bits per heavy atom. The molecule has 3 rings (SSSR count). The molecule has 2 heterocycles. The standard InChI is InChI=1S/C26H28N6O7S/c1-39-26(35)21(9-4-5-14-28-24(33)19-8-6-13-27-15-19)31-25(34)20-11-12-23(29-16-20)32-30-17-18-7-2-3-10-22(18)40(36,37)38/h2-3,6-8,10-13,15-17,21H,4-5,9,14H2,1H3,(H,28,33)(H,29,32)(H,31,34)(H,36,37,38)/b30-17+/t21-/m0/s1. The summed E-state index contributed by atoms with van der Waals surface area (Å²) in [5, 5.41) is 9.33. The Morgan fingerprint density at radius 2 is 1.80 bits per heavy atom. The number of nitrogens with one attached hydrogen (secondary N) is 3. The highest BCUT2D eigenvalue weighted by Crippen LogP contribution is 2.13. The number of benzene rings is 1. The van der Waals surface area contributed by atoms with Gasteiger partial charge in [0.05, 0.1) is 24.5 Å². The zero-order valence-electron chi connectivity index (χ0n) is 21.5. The van der Waals surface area contributed by atoms with E-state index in [0.717, 1.165) is 0 Å². The molecule has 0 aliphatic rings. The Labute approximate surface area is 230 Å². The van der Waals surface area contributed by atoms with Crippen molar-refractivity contribution in [3.8, 4) is 0 Å². The van der Waals surface area contributed by atoms with Gasteiger partial charge in [0.25, 0.3) is 21.9 Å². The molecule has 2 aromatic heterocycles. The Morgan fingerprint density at radius 1 is 1.02 bits per heavy atom. The number of ether oxygens (including phenoxy) is 1. The predicted molar refractivity (Wildman–Crippen MR) is 145 cm³/mol. The van der Waals surface area contributed by atoms with E-state index >= 15 is 0 Å². The molecule has 13 nitrogen and oxygen atoms in total. The van der Waals surface area contributed by atoms with Crippen LogP contribution in [-0.4, -0.2) is 66.6 Å². The first kappa shape index (κ1) is 29.9. The molecule has 0 bridgehead atoms. The van der Waals surface area contributed by atoms with E-state index < -0.39 is 28.0 Å². The molecule has 2 amide bonds. The van der Waals surface area contributed by atoms with Crippen LogP contribution in [0.4, 0.5) is 5.82 Å². The van der Waals surface area contributed by atoms with Crippen LogP contribution >= 0.6 is 0 Å². The Hall–Kier alpha value is -4.69. The summed E-state index contributed by atoms with van der Waals surface area (Å²) in [7, 11) is -3.19.